The van der Waals surface area contributed by atoms with E-state index >= 15 is 0 Å². The van der Waals surface area contributed by atoms with E-state index in [-0.39, 0.29) is 5.78 Å². The van der Waals surface area contributed by atoms with Crippen molar-refractivity contribution in [2.75, 3.05) is 0 Å². The van der Waals surface area contributed by atoms with Crippen LogP contribution in [0.3, 0.4) is 0 Å². The molecule has 0 bridgehead atoms. The van der Waals surface area contributed by atoms with Crippen LogP contribution in [0.1, 0.15) is 17.0 Å². The van der Waals surface area contributed by atoms with Gasteiger partial charge in [0.25, 0.3) is 0 Å². The lowest BCUT2D eigenvalue weighted by atomic mass is 9.95. The molecule has 2 rings (SSSR count). The SMILES string of the molecule is O=C[C@@H](C(=O)/C=C/c1ccccc1)c1ccccc1. The van der Waals surface area contributed by atoms with Crippen LogP contribution in [0.5, 0.6) is 0 Å². The Morgan fingerprint density at radius 3 is 2.05 bits per heavy atom. The maximum absolute atomic E-state index is 12.0. The zero-order chi connectivity index (χ0) is 13.5. The number of benzene rings is 2. The van der Waals surface area contributed by atoms with Gasteiger partial charge in [-0.15, -0.1) is 0 Å². The molecular formula is C17H14O2. The second-order valence-electron chi connectivity index (χ2n) is 4.17. The van der Waals surface area contributed by atoms with E-state index < -0.39 is 5.92 Å². The van der Waals surface area contributed by atoms with Crippen molar-refractivity contribution in [1.29, 1.82) is 0 Å². The van der Waals surface area contributed by atoms with E-state index in [2.05, 4.69) is 0 Å². The smallest absolute Gasteiger partial charge is 0.170 e. The van der Waals surface area contributed by atoms with Gasteiger partial charge in [-0.2, -0.15) is 0 Å². The fourth-order valence-electron chi connectivity index (χ4n) is 1.82. The Morgan fingerprint density at radius 2 is 1.47 bits per heavy atom. The van der Waals surface area contributed by atoms with Crippen molar-refractivity contribution in [3.05, 3.63) is 77.9 Å². The standard InChI is InChI=1S/C17H14O2/c18-13-16(15-9-5-2-6-10-15)17(19)12-11-14-7-3-1-4-8-14/h1-13,16H/b12-11+/t16-/m1/s1. The number of carbonyl (C=O) groups excluding carboxylic acids is 2. The van der Waals surface area contributed by atoms with Crippen molar-refractivity contribution in [2.24, 2.45) is 0 Å². The molecule has 0 aliphatic heterocycles. The van der Waals surface area contributed by atoms with Crippen molar-refractivity contribution < 1.29 is 9.59 Å². The van der Waals surface area contributed by atoms with Crippen molar-refractivity contribution in [3.63, 3.8) is 0 Å². The number of aldehydes is 1. The Labute approximate surface area is 112 Å². The lowest BCUT2D eigenvalue weighted by Gasteiger charge is -2.06. The highest BCUT2D eigenvalue weighted by atomic mass is 16.1. The van der Waals surface area contributed by atoms with Crippen molar-refractivity contribution in [3.8, 4) is 0 Å². The summed E-state index contributed by atoms with van der Waals surface area (Å²) in [7, 11) is 0. The summed E-state index contributed by atoms with van der Waals surface area (Å²) in [6.45, 7) is 0. The molecular weight excluding hydrogens is 236 g/mol. The normalized spacial score (nSPS) is 12.2. The van der Waals surface area contributed by atoms with E-state index in [9.17, 15) is 9.59 Å². The van der Waals surface area contributed by atoms with E-state index in [1.165, 1.54) is 6.08 Å². The average Bonchev–Trinajstić information content (AvgIpc) is 2.48. The van der Waals surface area contributed by atoms with Crippen LogP contribution in [0.25, 0.3) is 6.08 Å². The van der Waals surface area contributed by atoms with Gasteiger partial charge in [-0.05, 0) is 17.2 Å². The highest BCUT2D eigenvalue weighted by molar-refractivity contribution is 6.07. The summed E-state index contributed by atoms with van der Waals surface area (Å²) in [6, 6.07) is 18.6. The molecule has 0 heterocycles. The van der Waals surface area contributed by atoms with Crippen LogP contribution < -0.4 is 0 Å². The lowest BCUT2D eigenvalue weighted by Crippen LogP contribution is -2.11. The summed E-state index contributed by atoms with van der Waals surface area (Å²) in [5.74, 6) is -0.925. The summed E-state index contributed by atoms with van der Waals surface area (Å²) in [4.78, 5) is 23.1. The van der Waals surface area contributed by atoms with E-state index in [1.807, 2.05) is 48.5 Å². The molecule has 0 spiro atoms. The third-order valence-electron chi connectivity index (χ3n) is 2.84. The Kier molecular flexibility index (Phi) is 4.40. The Morgan fingerprint density at radius 1 is 0.895 bits per heavy atom. The van der Waals surface area contributed by atoms with Gasteiger partial charge in [-0.1, -0.05) is 66.7 Å². The molecule has 0 saturated carbocycles. The zero-order valence-electron chi connectivity index (χ0n) is 10.4. The molecule has 0 radical (unpaired) electrons. The highest BCUT2D eigenvalue weighted by Gasteiger charge is 2.16. The highest BCUT2D eigenvalue weighted by Crippen LogP contribution is 2.15. The Bertz CT molecular complexity index is 571. The van der Waals surface area contributed by atoms with Crippen molar-refractivity contribution in [1.82, 2.24) is 0 Å². The van der Waals surface area contributed by atoms with Crippen LogP contribution in [0.2, 0.25) is 0 Å². The molecule has 0 aliphatic rings. The fraction of sp³-hybridized carbons (Fsp3) is 0.0588. The van der Waals surface area contributed by atoms with E-state index in [1.54, 1.807) is 18.2 Å². The van der Waals surface area contributed by atoms with Crippen LogP contribution >= 0.6 is 0 Å². The van der Waals surface area contributed by atoms with Crippen LogP contribution in [-0.4, -0.2) is 12.1 Å². The predicted octanol–water partition coefficient (Wildman–Crippen LogP) is 3.25. The number of hydrogen-bond donors (Lipinski definition) is 0. The molecule has 2 aromatic carbocycles. The Balaban J connectivity index is 2.14. The first kappa shape index (κ1) is 13.0. The molecule has 2 nitrogen and oxygen atoms in total. The molecule has 94 valence electrons. The quantitative estimate of drug-likeness (QED) is 0.464. The van der Waals surface area contributed by atoms with Crippen LogP contribution in [0.4, 0.5) is 0 Å². The molecule has 1 atom stereocenters. The first-order valence-corrected chi connectivity index (χ1v) is 6.08. The van der Waals surface area contributed by atoms with Crippen LogP contribution in [0, 0.1) is 0 Å². The summed E-state index contributed by atoms with van der Waals surface area (Å²) >= 11 is 0. The van der Waals surface area contributed by atoms with Gasteiger partial charge in [0.15, 0.2) is 5.78 Å². The number of carbonyl (C=O) groups is 2. The molecule has 0 unspecified atom stereocenters. The van der Waals surface area contributed by atoms with E-state index in [0.717, 1.165) is 11.1 Å². The zero-order valence-corrected chi connectivity index (χ0v) is 10.4. The van der Waals surface area contributed by atoms with Crippen molar-refractivity contribution >= 4 is 18.1 Å². The van der Waals surface area contributed by atoms with Crippen LogP contribution in [0.15, 0.2) is 66.7 Å². The predicted molar refractivity (Wildman–Crippen MR) is 75.7 cm³/mol. The van der Waals surface area contributed by atoms with Gasteiger partial charge in [0.2, 0.25) is 0 Å². The molecule has 19 heavy (non-hydrogen) atoms. The molecule has 2 heteroatoms. The fourth-order valence-corrected chi connectivity index (χ4v) is 1.82. The molecule has 0 aliphatic carbocycles. The molecule has 0 saturated heterocycles. The van der Waals surface area contributed by atoms with Crippen LogP contribution in [-0.2, 0) is 9.59 Å². The monoisotopic (exact) mass is 250 g/mol. The molecule has 0 amide bonds. The average molecular weight is 250 g/mol. The number of hydrogen-bond acceptors (Lipinski definition) is 2. The van der Waals surface area contributed by atoms with Gasteiger partial charge in [0, 0.05) is 0 Å². The van der Waals surface area contributed by atoms with Gasteiger partial charge in [-0.25, -0.2) is 0 Å². The minimum Gasteiger partial charge on any atom is -0.302 e. The molecule has 0 fully saturated rings. The first-order valence-electron chi connectivity index (χ1n) is 6.08. The second-order valence-corrected chi connectivity index (χ2v) is 4.17. The number of rotatable bonds is 5. The van der Waals surface area contributed by atoms with Gasteiger partial charge < -0.3 is 4.79 Å². The van der Waals surface area contributed by atoms with E-state index in [4.69, 9.17) is 0 Å². The minimum absolute atomic E-state index is 0.204. The van der Waals surface area contributed by atoms with Gasteiger partial charge in [-0.3, -0.25) is 4.79 Å². The molecule has 0 aromatic heterocycles. The lowest BCUT2D eigenvalue weighted by molar-refractivity contribution is -0.120. The maximum atomic E-state index is 12.0. The number of ketones is 1. The summed E-state index contributed by atoms with van der Waals surface area (Å²) in [5, 5.41) is 0. The Hall–Kier alpha value is -2.48. The van der Waals surface area contributed by atoms with Gasteiger partial charge in [0.05, 0.1) is 0 Å². The summed E-state index contributed by atoms with van der Waals surface area (Å²) in [5.41, 5.74) is 1.66. The van der Waals surface area contributed by atoms with Gasteiger partial charge >= 0.3 is 0 Å². The third kappa shape index (κ3) is 3.49. The first-order chi connectivity index (χ1) is 9.31. The van der Waals surface area contributed by atoms with Gasteiger partial charge in [0.1, 0.15) is 12.2 Å². The maximum Gasteiger partial charge on any atom is 0.170 e. The number of allylic oxidation sites excluding steroid dienone is 1. The largest absolute Gasteiger partial charge is 0.302 e. The molecule has 2 aromatic rings. The molecule has 0 N–H and O–H groups in total. The van der Waals surface area contributed by atoms with Crippen molar-refractivity contribution in [2.45, 2.75) is 5.92 Å². The third-order valence-corrected chi connectivity index (χ3v) is 2.84. The summed E-state index contributed by atoms with van der Waals surface area (Å²) in [6.07, 6.45) is 3.87. The van der Waals surface area contributed by atoms with E-state index in [0.29, 0.717) is 6.29 Å². The topological polar surface area (TPSA) is 34.1 Å². The summed E-state index contributed by atoms with van der Waals surface area (Å²) < 4.78 is 0. The minimum atomic E-state index is -0.721. The second kappa shape index (κ2) is 6.45.